The monoisotopic (exact) mass is 495 g/mol. The Bertz CT molecular complexity index is 1260. The van der Waals surface area contributed by atoms with E-state index >= 15 is 0 Å². The molecule has 0 bridgehead atoms. The highest BCUT2D eigenvalue weighted by atomic mass is 32.2. The van der Waals surface area contributed by atoms with E-state index in [9.17, 15) is 9.59 Å². The number of aryl methyl sites for hydroxylation is 3. The highest BCUT2D eigenvalue weighted by Gasteiger charge is 2.19. The van der Waals surface area contributed by atoms with Gasteiger partial charge < -0.3 is 5.32 Å². The molecular weight excluding hydrogens is 462 g/mol. The highest BCUT2D eigenvalue weighted by Crippen LogP contribution is 2.30. The fraction of sp³-hybridized carbons (Fsp3) is 0.444. The molecule has 1 aliphatic carbocycles. The van der Waals surface area contributed by atoms with Crippen molar-refractivity contribution < 1.29 is 4.79 Å². The number of rotatable bonds is 9. The van der Waals surface area contributed by atoms with Crippen LogP contribution in [0.2, 0.25) is 0 Å². The maximum Gasteiger partial charge on any atom is 0.263 e. The molecule has 0 unspecified atom stereocenters. The minimum absolute atomic E-state index is 0.0192. The molecule has 5 nitrogen and oxygen atoms in total. The lowest BCUT2D eigenvalue weighted by atomic mass is 9.97. The van der Waals surface area contributed by atoms with Gasteiger partial charge >= 0.3 is 0 Å². The molecule has 0 aliphatic heterocycles. The number of amides is 1. The molecule has 7 heteroatoms. The number of fused-ring (bicyclic) bond motifs is 1. The second-order valence-corrected chi connectivity index (χ2v) is 11.0. The number of nitrogens with zero attached hydrogens (tertiary/aromatic N) is 2. The van der Waals surface area contributed by atoms with Gasteiger partial charge in [-0.15, -0.1) is 11.3 Å². The number of nitrogens with one attached hydrogen (secondary N) is 1. The molecule has 1 aromatic carbocycles. The minimum Gasteiger partial charge on any atom is -0.355 e. The van der Waals surface area contributed by atoms with Gasteiger partial charge in [-0.05, 0) is 63.5 Å². The van der Waals surface area contributed by atoms with Crippen molar-refractivity contribution in [2.45, 2.75) is 71.0 Å². The average molecular weight is 496 g/mol. The van der Waals surface area contributed by atoms with Crippen LogP contribution >= 0.6 is 23.1 Å². The summed E-state index contributed by atoms with van der Waals surface area (Å²) in [7, 11) is 0. The van der Waals surface area contributed by atoms with Gasteiger partial charge in [0, 0.05) is 11.4 Å². The number of carbonyl (C=O) groups is 1. The van der Waals surface area contributed by atoms with E-state index < -0.39 is 0 Å². The summed E-state index contributed by atoms with van der Waals surface area (Å²) in [5.74, 6) is 0.227. The number of hydrogen-bond acceptors (Lipinski definition) is 5. The smallest absolute Gasteiger partial charge is 0.263 e. The fourth-order valence-electron chi connectivity index (χ4n) is 4.38. The summed E-state index contributed by atoms with van der Waals surface area (Å²) in [4.78, 5) is 32.9. The van der Waals surface area contributed by atoms with Crippen molar-refractivity contribution in [3.63, 3.8) is 0 Å². The standard InChI is InChI=1S/C27H33N3O2S2/c1-4-22-19(3)24-25(34-22)29-27(30(26(24)32)16-21-12-10-18(2)11-13-21)33-17-23(31)28-15-14-20-8-6-5-7-9-20/h8,10-13H,4-7,9,14-17H2,1-3H3,(H,28,31). The third-order valence-electron chi connectivity index (χ3n) is 6.38. The quantitative estimate of drug-likeness (QED) is 0.232. The van der Waals surface area contributed by atoms with E-state index in [0.717, 1.165) is 41.6 Å². The van der Waals surface area contributed by atoms with Crippen molar-refractivity contribution in [1.29, 1.82) is 0 Å². The van der Waals surface area contributed by atoms with E-state index in [-0.39, 0.29) is 17.2 Å². The van der Waals surface area contributed by atoms with Crippen LogP contribution in [0.3, 0.4) is 0 Å². The Morgan fingerprint density at radius 3 is 2.71 bits per heavy atom. The van der Waals surface area contributed by atoms with Crippen LogP contribution in [-0.2, 0) is 17.8 Å². The maximum absolute atomic E-state index is 13.6. The zero-order valence-corrected chi connectivity index (χ0v) is 21.9. The van der Waals surface area contributed by atoms with Crippen molar-refractivity contribution in [2.75, 3.05) is 12.3 Å². The van der Waals surface area contributed by atoms with E-state index in [1.54, 1.807) is 15.9 Å². The molecule has 4 rings (SSSR count). The second kappa shape index (κ2) is 11.4. The topological polar surface area (TPSA) is 64.0 Å². The lowest BCUT2D eigenvalue weighted by molar-refractivity contribution is -0.118. The van der Waals surface area contributed by atoms with Crippen LogP contribution in [0.1, 0.15) is 60.6 Å². The van der Waals surface area contributed by atoms with Crippen LogP contribution in [0.25, 0.3) is 10.2 Å². The number of aromatic nitrogens is 2. The van der Waals surface area contributed by atoms with Crippen LogP contribution in [0, 0.1) is 13.8 Å². The summed E-state index contributed by atoms with van der Waals surface area (Å²) in [6, 6.07) is 8.20. The molecule has 2 heterocycles. The first-order valence-electron chi connectivity index (χ1n) is 12.1. The number of hydrogen-bond donors (Lipinski definition) is 1. The van der Waals surface area contributed by atoms with Crippen LogP contribution in [0.4, 0.5) is 0 Å². The Kier molecular flexibility index (Phi) is 8.27. The maximum atomic E-state index is 13.6. The van der Waals surface area contributed by atoms with Gasteiger partial charge in [-0.1, -0.05) is 60.2 Å². The summed E-state index contributed by atoms with van der Waals surface area (Å²) in [5.41, 5.74) is 4.69. The third kappa shape index (κ3) is 5.81. The number of thioether (sulfide) groups is 1. The molecule has 34 heavy (non-hydrogen) atoms. The first kappa shape index (κ1) is 24.7. The Morgan fingerprint density at radius 1 is 1.21 bits per heavy atom. The van der Waals surface area contributed by atoms with Crippen LogP contribution in [-0.4, -0.2) is 27.8 Å². The number of benzene rings is 1. The number of carbonyl (C=O) groups excluding carboxylic acids is 1. The van der Waals surface area contributed by atoms with Gasteiger partial charge in [0.25, 0.3) is 5.56 Å². The van der Waals surface area contributed by atoms with E-state index in [0.29, 0.717) is 23.6 Å². The Morgan fingerprint density at radius 2 is 2.00 bits per heavy atom. The summed E-state index contributed by atoms with van der Waals surface area (Å²) in [5, 5.41) is 4.35. The van der Waals surface area contributed by atoms with Crippen molar-refractivity contribution >= 4 is 39.2 Å². The Hall–Kier alpha value is -2.38. The molecule has 2 aromatic heterocycles. The molecule has 0 radical (unpaired) electrons. The number of allylic oxidation sites excluding steroid dienone is 1. The van der Waals surface area contributed by atoms with Gasteiger partial charge in [0.15, 0.2) is 5.16 Å². The molecule has 3 aromatic rings. The average Bonchev–Trinajstić information content (AvgIpc) is 3.17. The van der Waals surface area contributed by atoms with E-state index in [1.807, 2.05) is 19.1 Å². The molecule has 0 spiro atoms. The Balaban J connectivity index is 1.53. The molecule has 0 atom stereocenters. The molecule has 1 amide bonds. The van der Waals surface area contributed by atoms with Gasteiger partial charge in [-0.3, -0.25) is 14.2 Å². The molecule has 0 saturated heterocycles. The zero-order valence-electron chi connectivity index (χ0n) is 20.3. The van der Waals surface area contributed by atoms with Crippen molar-refractivity contribution in [2.24, 2.45) is 0 Å². The molecule has 0 fully saturated rings. The normalized spacial score (nSPS) is 13.8. The van der Waals surface area contributed by atoms with Gasteiger partial charge in [0.05, 0.1) is 17.7 Å². The molecule has 1 N–H and O–H groups in total. The molecule has 0 saturated carbocycles. The van der Waals surface area contributed by atoms with Gasteiger partial charge in [-0.2, -0.15) is 0 Å². The van der Waals surface area contributed by atoms with Crippen molar-refractivity contribution in [1.82, 2.24) is 14.9 Å². The first-order valence-corrected chi connectivity index (χ1v) is 13.9. The predicted molar refractivity (Wildman–Crippen MR) is 143 cm³/mol. The first-order chi connectivity index (χ1) is 16.5. The summed E-state index contributed by atoms with van der Waals surface area (Å²) >= 11 is 2.94. The largest absolute Gasteiger partial charge is 0.355 e. The molecular formula is C27H33N3O2S2. The van der Waals surface area contributed by atoms with Crippen LogP contribution < -0.4 is 10.9 Å². The van der Waals surface area contributed by atoms with Crippen LogP contribution in [0.15, 0.2) is 45.9 Å². The van der Waals surface area contributed by atoms with E-state index in [4.69, 9.17) is 4.98 Å². The summed E-state index contributed by atoms with van der Waals surface area (Å²) in [6.45, 7) is 7.27. The van der Waals surface area contributed by atoms with E-state index in [2.05, 4.69) is 37.4 Å². The number of thiophene rings is 1. The summed E-state index contributed by atoms with van der Waals surface area (Å²) < 4.78 is 1.73. The highest BCUT2D eigenvalue weighted by molar-refractivity contribution is 7.99. The van der Waals surface area contributed by atoms with Crippen LogP contribution in [0.5, 0.6) is 0 Å². The molecule has 1 aliphatic rings. The van der Waals surface area contributed by atoms with Crippen molar-refractivity contribution in [3.05, 3.63) is 67.8 Å². The lowest BCUT2D eigenvalue weighted by Crippen LogP contribution is -2.28. The summed E-state index contributed by atoms with van der Waals surface area (Å²) in [6.07, 6.45) is 8.97. The van der Waals surface area contributed by atoms with Gasteiger partial charge in [0.2, 0.25) is 5.91 Å². The predicted octanol–water partition coefficient (Wildman–Crippen LogP) is 5.78. The van der Waals surface area contributed by atoms with Gasteiger partial charge in [0.1, 0.15) is 4.83 Å². The van der Waals surface area contributed by atoms with Crippen molar-refractivity contribution in [3.8, 4) is 0 Å². The lowest BCUT2D eigenvalue weighted by Gasteiger charge is -2.14. The molecule has 180 valence electrons. The Labute approximate surface area is 209 Å². The second-order valence-electron chi connectivity index (χ2n) is 8.95. The van der Waals surface area contributed by atoms with Gasteiger partial charge in [-0.25, -0.2) is 4.98 Å². The fourth-order valence-corrected chi connectivity index (χ4v) is 6.37. The third-order valence-corrected chi connectivity index (χ3v) is 8.69. The zero-order chi connectivity index (χ0) is 24.1. The van der Waals surface area contributed by atoms with E-state index in [1.165, 1.54) is 40.6 Å². The SMILES string of the molecule is CCc1sc2nc(SCC(=O)NCCC3=CCCCC3)n(Cc3ccc(C)cc3)c(=O)c2c1C. The minimum atomic E-state index is -0.0221.